The van der Waals surface area contributed by atoms with Crippen LogP contribution in [0, 0.1) is 11.6 Å². The highest BCUT2D eigenvalue weighted by Crippen LogP contribution is 2.21. The average Bonchev–Trinajstić information content (AvgIpc) is 2.90. The molecule has 0 unspecified atom stereocenters. The maximum Gasteiger partial charge on any atom is 0.244 e. The summed E-state index contributed by atoms with van der Waals surface area (Å²) in [4.78, 5) is 28.5. The van der Waals surface area contributed by atoms with Gasteiger partial charge in [0.15, 0.2) is 0 Å². The predicted molar refractivity (Wildman–Crippen MR) is 147 cm³/mol. The molecule has 39 heavy (non-hydrogen) atoms. The summed E-state index contributed by atoms with van der Waals surface area (Å²) in [7, 11) is -4.02. The molecule has 0 aromatic heterocycles. The minimum Gasteiger partial charge on any atom is -0.354 e. The van der Waals surface area contributed by atoms with Gasteiger partial charge in [-0.15, -0.1) is 0 Å². The molecule has 0 aliphatic rings. The molecule has 0 bridgehead atoms. The molecule has 0 aliphatic heterocycles. The number of nitrogens with zero attached hydrogens (tertiary/aromatic N) is 2. The molecule has 0 heterocycles. The zero-order valence-electron chi connectivity index (χ0n) is 22.0. The second kappa shape index (κ2) is 13.8. The molecule has 1 atom stereocenters. The van der Waals surface area contributed by atoms with Crippen molar-refractivity contribution in [3.63, 3.8) is 0 Å². The number of unbranched alkanes of at least 4 members (excludes halogenated alkanes) is 1. The van der Waals surface area contributed by atoms with Crippen molar-refractivity contribution >= 4 is 27.5 Å². The average molecular weight is 558 g/mol. The van der Waals surface area contributed by atoms with Gasteiger partial charge in [-0.25, -0.2) is 17.2 Å². The zero-order chi connectivity index (χ0) is 28.4. The van der Waals surface area contributed by atoms with E-state index in [2.05, 4.69) is 5.32 Å². The molecule has 10 heteroatoms. The molecule has 0 spiro atoms. The SMILES string of the molecule is CCCCNC(=O)[C@@H](Cc1ccccc1)N(Cc1ccccc1F)C(=O)CN(c1cccc(F)c1)S(C)(=O)=O. The molecule has 1 N–H and O–H groups in total. The minimum absolute atomic E-state index is 0.0382. The van der Waals surface area contributed by atoms with Gasteiger partial charge in [0.05, 0.1) is 11.9 Å². The van der Waals surface area contributed by atoms with E-state index in [-0.39, 0.29) is 24.2 Å². The van der Waals surface area contributed by atoms with Gasteiger partial charge in [0, 0.05) is 25.1 Å². The van der Waals surface area contributed by atoms with Crippen LogP contribution < -0.4 is 9.62 Å². The summed E-state index contributed by atoms with van der Waals surface area (Å²) in [5, 5.41) is 2.85. The first-order valence-corrected chi connectivity index (χ1v) is 14.5. The standard InChI is InChI=1S/C29H33F2N3O4S/c1-3-4-17-32-29(36)27(18-22-11-6-5-7-12-22)33(20-23-13-8-9-16-26(23)31)28(35)21-34(39(2,37)38)25-15-10-14-24(30)19-25/h5-16,19,27H,3-4,17-18,20-21H2,1-2H3,(H,32,36)/t27-/m1/s1. The molecule has 3 aromatic rings. The van der Waals surface area contributed by atoms with Gasteiger partial charge in [0.2, 0.25) is 21.8 Å². The summed E-state index contributed by atoms with van der Waals surface area (Å²) in [5.41, 5.74) is 0.898. The van der Waals surface area contributed by atoms with Crippen LogP contribution in [-0.4, -0.2) is 50.5 Å². The summed E-state index contributed by atoms with van der Waals surface area (Å²) >= 11 is 0. The first-order chi connectivity index (χ1) is 18.6. The maximum absolute atomic E-state index is 14.7. The van der Waals surface area contributed by atoms with Gasteiger partial charge in [-0.05, 0) is 36.2 Å². The number of carbonyl (C=O) groups excluding carboxylic acids is 2. The molecule has 0 saturated carbocycles. The Morgan fingerprint density at radius 3 is 2.28 bits per heavy atom. The molecular weight excluding hydrogens is 524 g/mol. The van der Waals surface area contributed by atoms with Crippen molar-refractivity contribution in [3.05, 3.63) is 102 Å². The Kier molecular flexibility index (Phi) is 10.6. The van der Waals surface area contributed by atoms with Crippen molar-refractivity contribution in [1.29, 1.82) is 0 Å². The number of carbonyl (C=O) groups is 2. The van der Waals surface area contributed by atoms with Crippen molar-refractivity contribution < 1.29 is 26.8 Å². The topological polar surface area (TPSA) is 86.8 Å². The Labute approximate surface area is 228 Å². The van der Waals surface area contributed by atoms with E-state index in [1.54, 1.807) is 18.2 Å². The fraction of sp³-hybridized carbons (Fsp3) is 0.310. The second-order valence-electron chi connectivity index (χ2n) is 9.21. The van der Waals surface area contributed by atoms with Crippen molar-refractivity contribution in [2.45, 2.75) is 38.8 Å². The largest absolute Gasteiger partial charge is 0.354 e. The summed E-state index contributed by atoms with van der Waals surface area (Å²) in [6.45, 7) is 1.39. The molecule has 208 valence electrons. The first-order valence-electron chi connectivity index (χ1n) is 12.7. The zero-order valence-corrected chi connectivity index (χ0v) is 22.8. The van der Waals surface area contributed by atoms with Crippen LogP contribution in [-0.2, 0) is 32.6 Å². The lowest BCUT2D eigenvalue weighted by molar-refractivity contribution is -0.140. The predicted octanol–water partition coefficient (Wildman–Crippen LogP) is 4.29. The maximum atomic E-state index is 14.7. The third-order valence-electron chi connectivity index (χ3n) is 6.17. The molecular formula is C29H33F2N3O4S. The van der Waals surface area contributed by atoms with Gasteiger partial charge in [0.1, 0.15) is 24.2 Å². The molecule has 3 aromatic carbocycles. The fourth-order valence-corrected chi connectivity index (χ4v) is 4.96. The second-order valence-corrected chi connectivity index (χ2v) is 11.1. The van der Waals surface area contributed by atoms with Gasteiger partial charge < -0.3 is 10.2 Å². The molecule has 0 aliphatic carbocycles. The summed E-state index contributed by atoms with van der Waals surface area (Å²) in [5.74, 6) is -2.41. The van der Waals surface area contributed by atoms with E-state index in [9.17, 15) is 26.8 Å². The smallest absolute Gasteiger partial charge is 0.244 e. The first kappa shape index (κ1) is 29.8. The van der Waals surface area contributed by atoms with Crippen molar-refractivity contribution in [2.24, 2.45) is 0 Å². The van der Waals surface area contributed by atoms with Crippen LogP contribution in [0.1, 0.15) is 30.9 Å². The molecule has 0 saturated heterocycles. The number of nitrogens with one attached hydrogen (secondary N) is 1. The highest BCUT2D eigenvalue weighted by atomic mass is 32.2. The Morgan fingerprint density at radius 1 is 0.949 bits per heavy atom. The number of halogens is 2. The van der Waals surface area contributed by atoms with Crippen LogP contribution in [0.2, 0.25) is 0 Å². The Balaban J connectivity index is 2.04. The molecule has 7 nitrogen and oxygen atoms in total. The van der Waals surface area contributed by atoms with Crippen LogP contribution in [0.5, 0.6) is 0 Å². The van der Waals surface area contributed by atoms with Gasteiger partial charge >= 0.3 is 0 Å². The lowest BCUT2D eigenvalue weighted by atomic mass is 10.0. The Hall–Kier alpha value is -3.79. The molecule has 0 radical (unpaired) electrons. The summed E-state index contributed by atoms with van der Waals surface area (Å²) < 4.78 is 54.8. The van der Waals surface area contributed by atoms with Crippen LogP contribution in [0.3, 0.4) is 0 Å². The number of hydrogen-bond acceptors (Lipinski definition) is 4. The minimum atomic E-state index is -4.02. The number of anilines is 1. The molecule has 2 amide bonds. The lowest BCUT2D eigenvalue weighted by Gasteiger charge is -2.33. The third-order valence-corrected chi connectivity index (χ3v) is 7.32. The van der Waals surface area contributed by atoms with Crippen LogP contribution in [0.4, 0.5) is 14.5 Å². The van der Waals surface area contributed by atoms with Crippen LogP contribution >= 0.6 is 0 Å². The number of rotatable bonds is 13. The van der Waals surface area contributed by atoms with E-state index in [0.29, 0.717) is 6.54 Å². The van der Waals surface area contributed by atoms with Crippen molar-refractivity contribution in [1.82, 2.24) is 10.2 Å². The van der Waals surface area contributed by atoms with Gasteiger partial charge in [0.25, 0.3) is 0 Å². The van der Waals surface area contributed by atoms with E-state index < -0.39 is 46.1 Å². The third kappa shape index (κ3) is 8.61. The van der Waals surface area contributed by atoms with E-state index in [1.165, 1.54) is 35.2 Å². The summed E-state index contributed by atoms with van der Waals surface area (Å²) in [6.07, 6.45) is 2.61. The Bertz CT molecular complexity index is 1370. The highest BCUT2D eigenvalue weighted by Gasteiger charge is 2.33. The quantitative estimate of drug-likeness (QED) is 0.318. The lowest BCUT2D eigenvalue weighted by Crippen LogP contribution is -2.53. The Morgan fingerprint density at radius 2 is 1.64 bits per heavy atom. The number of hydrogen-bond donors (Lipinski definition) is 1. The molecule has 3 rings (SSSR count). The fourth-order valence-electron chi connectivity index (χ4n) is 4.12. The highest BCUT2D eigenvalue weighted by molar-refractivity contribution is 7.92. The van der Waals surface area contributed by atoms with Crippen LogP contribution in [0.25, 0.3) is 0 Å². The van der Waals surface area contributed by atoms with E-state index in [0.717, 1.165) is 41.1 Å². The van der Waals surface area contributed by atoms with E-state index in [1.807, 2.05) is 25.1 Å². The van der Waals surface area contributed by atoms with Gasteiger partial charge in [-0.1, -0.05) is 67.9 Å². The van der Waals surface area contributed by atoms with E-state index in [4.69, 9.17) is 0 Å². The van der Waals surface area contributed by atoms with Gasteiger partial charge in [-0.3, -0.25) is 13.9 Å². The summed E-state index contributed by atoms with van der Waals surface area (Å²) in [6, 6.07) is 18.8. The molecule has 0 fully saturated rings. The van der Waals surface area contributed by atoms with Gasteiger partial charge in [-0.2, -0.15) is 0 Å². The number of benzene rings is 3. The van der Waals surface area contributed by atoms with Crippen molar-refractivity contribution in [2.75, 3.05) is 23.7 Å². The van der Waals surface area contributed by atoms with Crippen LogP contribution in [0.15, 0.2) is 78.9 Å². The monoisotopic (exact) mass is 557 g/mol. The number of amides is 2. The van der Waals surface area contributed by atoms with E-state index >= 15 is 0 Å². The van der Waals surface area contributed by atoms with Crippen molar-refractivity contribution in [3.8, 4) is 0 Å². The number of sulfonamides is 1. The normalized spacial score (nSPS) is 12.0.